The van der Waals surface area contributed by atoms with E-state index in [0.29, 0.717) is 12.2 Å². The van der Waals surface area contributed by atoms with Crippen molar-refractivity contribution in [1.29, 1.82) is 0 Å². The number of benzene rings is 1. The van der Waals surface area contributed by atoms with E-state index in [0.717, 1.165) is 12.1 Å². The third-order valence-corrected chi connectivity index (χ3v) is 5.58. The number of aromatic nitrogens is 1. The molecule has 1 saturated heterocycles. The number of carbonyl (C=O) groups is 1. The van der Waals surface area contributed by atoms with Gasteiger partial charge in [0.1, 0.15) is 23.1 Å². The van der Waals surface area contributed by atoms with Crippen LogP contribution in [0.1, 0.15) is 16.8 Å². The van der Waals surface area contributed by atoms with Gasteiger partial charge in [-0.25, -0.2) is 22.2 Å². The van der Waals surface area contributed by atoms with E-state index in [1.165, 1.54) is 24.4 Å². The quantitative estimate of drug-likeness (QED) is 0.865. The van der Waals surface area contributed by atoms with Crippen molar-refractivity contribution in [3.8, 4) is 0 Å². The molecule has 0 aliphatic carbocycles. The fraction of sp³-hybridized carbons (Fsp3) is 0.250. The number of carbonyl (C=O) groups excluding carboxylic acids is 1. The van der Waals surface area contributed by atoms with Crippen molar-refractivity contribution in [3.05, 3.63) is 53.7 Å². The van der Waals surface area contributed by atoms with Gasteiger partial charge in [-0.15, -0.1) is 0 Å². The van der Waals surface area contributed by atoms with Crippen LogP contribution in [0.3, 0.4) is 0 Å². The van der Waals surface area contributed by atoms with Gasteiger partial charge in [-0.1, -0.05) is 6.07 Å². The Morgan fingerprint density at radius 3 is 2.56 bits per heavy atom. The number of hydrogen-bond acceptors (Lipinski definition) is 5. The standard InChI is InChI=1S/C16H15F2N3O3S/c17-12-2-1-3-13(18)15(12)21-16(22)10-4-6-19-14(8-10)20-11-5-7-25(23,24)9-11/h1-4,6,8,11H,5,7,9H2,(H,19,20)(H,21,22). The van der Waals surface area contributed by atoms with Crippen LogP contribution in [0.2, 0.25) is 0 Å². The molecule has 9 heteroatoms. The lowest BCUT2D eigenvalue weighted by atomic mass is 10.2. The second-order valence-corrected chi connectivity index (χ2v) is 7.95. The first-order chi connectivity index (χ1) is 11.8. The minimum absolute atomic E-state index is 0.00550. The summed E-state index contributed by atoms with van der Waals surface area (Å²) in [6.45, 7) is 0. The number of nitrogens with zero attached hydrogens (tertiary/aromatic N) is 1. The van der Waals surface area contributed by atoms with Gasteiger partial charge < -0.3 is 10.6 Å². The van der Waals surface area contributed by atoms with Crippen LogP contribution in [0.4, 0.5) is 20.3 Å². The molecule has 6 nitrogen and oxygen atoms in total. The Bertz CT molecular complexity index is 898. The molecule has 2 N–H and O–H groups in total. The Morgan fingerprint density at radius 1 is 1.20 bits per heavy atom. The summed E-state index contributed by atoms with van der Waals surface area (Å²) in [5.41, 5.74) is -0.387. The summed E-state index contributed by atoms with van der Waals surface area (Å²) in [7, 11) is -3.05. The monoisotopic (exact) mass is 367 g/mol. The van der Waals surface area contributed by atoms with Crippen LogP contribution in [-0.4, -0.2) is 36.9 Å². The Kier molecular flexibility index (Phi) is 4.67. The maximum atomic E-state index is 13.6. The molecule has 0 saturated carbocycles. The molecule has 25 heavy (non-hydrogen) atoms. The third kappa shape index (κ3) is 4.11. The van der Waals surface area contributed by atoms with Gasteiger partial charge in [-0.3, -0.25) is 4.79 Å². The lowest BCUT2D eigenvalue weighted by Crippen LogP contribution is -2.22. The summed E-state index contributed by atoms with van der Waals surface area (Å²) in [5.74, 6) is -2.02. The van der Waals surface area contributed by atoms with Gasteiger partial charge in [0.2, 0.25) is 0 Å². The average Bonchev–Trinajstić information content (AvgIpc) is 2.90. The molecular formula is C16H15F2N3O3S. The maximum absolute atomic E-state index is 13.6. The number of nitrogens with one attached hydrogen (secondary N) is 2. The van der Waals surface area contributed by atoms with E-state index in [2.05, 4.69) is 15.6 Å². The highest BCUT2D eigenvalue weighted by Gasteiger charge is 2.28. The van der Waals surface area contributed by atoms with Crippen molar-refractivity contribution >= 4 is 27.2 Å². The highest BCUT2D eigenvalue weighted by Crippen LogP contribution is 2.20. The predicted molar refractivity (Wildman–Crippen MR) is 89.2 cm³/mol. The van der Waals surface area contributed by atoms with Gasteiger partial charge in [-0.05, 0) is 30.7 Å². The summed E-state index contributed by atoms with van der Waals surface area (Å²) in [5, 5.41) is 5.15. The van der Waals surface area contributed by atoms with Crippen molar-refractivity contribution in [3.63, 3.8) is 0 Å². The van der Waals surface area contributed by atoms with Crippen molar-refractivity contribution in [1.82, 2.24) is 4.98 Å². The molecule has 1 aromatic heterocycles. The molecule has 2 heterocycles. The van der Waals surface area contributed by atoms with Crippen molar-refractivity contribution in [2.24, 2.45) is 0 Å². The fourth-order valence-corrected chi connectivity index (χ4v) is 4.24. The van der Waals surface area contributed by atoms with Crippen molar-refractivity contribution in [2.45, 2.75) is 12.5 Å². The molecular weight excluding hydrogens is 352 g/mol. The number of sulfone groups is 1. The number of pyridine rings is 1. The first kappa shape index (κ1) is 17.3. The van der Waals surface area contributed by atoms with Gasteiger partial charge in [0.15, 0.2) is 9.84 Å². The van der Waals surface area contributed by atoms with Crippen molar-refractivity contribution in [2.75, 3.05) is 22.1 Å². The largest absolute Gasteiger partial charge is 0.366 e. The topological polar surface area (TPSA) is 88.2 Å². The third-order valence-electron chi connectivity index (χ3n) is 3.81. The molecule has 1 atom stereocenters. The van der Waals surface area contributed by atoms with E-state index in [9.17, 15) is 22.0 Å². The Morgan fingerprint density at radius 2 is 1.92 bits per heavy atom. The average molecular weight is 367 g/mol. The zero-order valence-corrected chi connectivity index (χ0v) is 13.8. The number of amides is 1. The molecule has 1 aliphatic heterocycles. The van der Waals surface area contributed by atoms with Crippen LogP contribution < -0.4 is 10.6 Å². The summed E-state index contributed by atoms with van der Waals surface area (Å²) >= 11 is 0. The molecule has 1 amide bonds. The van der Waals surface area contributed by atoms with E-state index in [1.54, 1.807) is 0 Å². The normalized spacial score (nSPS) is 18.7. The molecule has 3 rings (SSSR count). The second-order valence-electron chi connectivity index (χ2n) is 5.72. The number of anilines is 2. The summed E-state index contributed by atoms with van der Waals surface area (Å²) in [6.07, 6.45) is 1.82. The molecule has 0 radical (unpaired) electrons. The van der Waals surface area contributed by atoms with Crippen LogP contribution in [0.15, 0.2) is 36.5 Å². The SMILES string of the molecule is O=C(Nc1c(F)cccc1F)c1ccnc(NC2CCS(=O)(=O)C2)c1. The minimum atomic E-state index is -3.05. The molecule has 0 bridgehead atoms. The molecule has 2 aromatic rings. The molecule has 132 valence electrons. The Labute approximate surface area is 143 Å². The molecule has 1 unspecified atom stereocenters. The molecule has 1 aliphatic rings. The van der Waals surface area contributed by atoms with Gasteiger partial charge in [-0.2, -0.15) is 0 Å². The smallest absolute Gasteiger partial charge is 0.256 e. The molecule has 0 spiro atoms. The Hall–Kier alpha value is -2.55. The number of para-hydroxylation sites is 1. The molecule has 1 fully saturated rings. The van der Waals surface area contributed by atoms with Gasteiger partial charge in [0, 0.05) is 17.8 Å². The van der Waals surface area contributed by atoms with Gasteiger partial charge in [0.05, 0.1) is 11.5 Å². The minimum Gasteiger partial charge on any atom is -0.366 e. The van der Waals surface area contributed by atoms with Crippen LogP contribution in [0.25, 0.3) is 0 Å². The van der Waals surface area contributed by atoms with Crippen LogP contribution in [-0.2, 0) is 9.84 Å². The van der Waals surface area contributed by atoms with E-state index in [-0.39, 0.29) is 23.1 Å². The van der Waals surface area contributed by atoms with Crippen molar-refractivity contribution < 1.29 is 22.0 Å². The number of hydrogen-bond donors (Lipinski definition) is 2. The lowest BCUT2D eigenvalue weighted by Gasteiger charge is -2.12. The summed E-state index contributed by atoms with van der Waals surface area (Å²) < 4.78 is 50.2. The van der Waals surface area contributed by atoms with Crippen LogP contribution in [0.5, 0.6) is 0 Å². The predicted octanol–water partition coefficient (Wildman–Crippen LogP) is 2.21. The van der Waals surface area contributed by atoms with Crippen LogP contribution >= 0.6 is 0 Å². The zero-order valence-electron chi connectivity index (χ0n) is 13.0. The van der Waals surface area contributed by atoms with E-state index >= 15 is 0 Å². The van der Waals surface area contributed by atoms with E-state index in [4.69, 9.17) is 0 Å². The van der Waals surface area contributed by atoms with Gasteiger partial charge >= 0.3 is 0 Å². The number of halogens is 2. The summed E-state index contributed by atoms with van der Waals surface area (Å²) in [4.78, 5) is 16.3. The highest BCUT2D eigenvalue weighted by molar-refractivity contribution is 7.91. The second kappa shape index (κ2) is 6.75. The first-order valence-electron chi connectivity index (χ1n) is 7.52. The highest BCUT2D eigenvalue weighted by atomic mass is 32.2. The molecule has 1 aromatic carbocycles. The Balaban J connectivity index is 1.74. The maximum Gasteiger partial charge on any atom is 0.256 e. The lowest BCUT2D eigenvalue weighted by molar-refractivity contribution is 0.102. The fourth-order valence-electron chi connectivity index (χ4n) is 2.57. The summed E-state index contributed by atoms with van der Waals surface area (Å²) in [6, 6.07) is 5.80. The first-order valence-corrected chi connectivity index (χ1v) is 9.34. The van der Waals surface area contributed by atoms with Crippen LogP contribution in [0, 0.1) is 11.6 Å². The zero-order chi connectivity index (χ0) is 18.0. The number of rotatable bonds is 4. The van der Waals surface area contributed by atoms with E-state index < -0.39 is 33.1 Å². The van der Waals surface area contributed by atoms with Gasteiger partial charge in [0.25, 0.3) is 5.91 Å². The van der Waals surface area contributed by atoms with E-state index in [1.807, 2.05) is 0 Å².